The first kappa shape index (κ1) is 11.7. The van der Waals surface area contributed by atoms with Crippen LogP contribution in [-0.4, -0.2) is 27.6 Å². The second kappa shape index (κ2) is 4.72. The maximum absolute atomic E-state index is 11.9. The zero-order valence-corrected chi connectivity index (χ0v) is 10.7. The van der Waals surface area contributed by atoms with Crippen molar-refractivity contribution >= 4 is 17.3 Å². The fraction of sp³-hybridized carbons (Fsp3) is 0.308. The molecular formula is C13H15N5O. The molecule has 6 nitrogen and oxygen atoms in total. The number of anilines is 2. The van der Waals surface area contributed by atoms with Crippen molar-refractivity contribution in [3.05, 3.63) is 35.4 Å². The predicted octanol–water partition coefficient (Wildman–Crippen LogP) is 1.72. The van der Waals surface area contributed by atoms with Gasteiger partial charge in [-0.05, 0) is 37.5 Å². The van der Waals surface area contributed by atoms with Crippen molar-refractivity contribution in [2.24, 2.45) is 0 Å². The number of carbonyl (C=O) groups excluding carboxylic acids is 1. The lowest BCUT2D eigenvalue weighted by Gasteiger charge is -2.18. The van der Waals surface area contributed by atoms with Crippen LogP contribution < -0.4 is 10.6 Å². The fourth-order valence-corrected chi connectivity index (χ4v) is 2.17. The van der Waals surface area contributed by atoms with Gasteiger partial charge in [0.15, 0.2) is 0 Å². The van der Waals surface area contributed by atoms with Crippen LogP contribution in [0.25, 0.3) is 0 Å². The number of aromatic nitrogens is 3. The van der Waals surface area contributed by atoms with E-state index in [4.69, 9.17) is 0 Å². The van der Waals surface area contributed by atoms with Gasteiger partial charge < -0.3 is 10.6 Å². The predicted molar refractivity (Wildman–Crippen MR) is 72.3 cm³/mol. The summed E-state index contributed by atoms with van der Waals surface area (Å²) < 4.78 is 0. The van der Waals surface area contributed by atoms with Gasteiger partial charge in [-0.15, -0.1) is 5.10 Å². The number of rotatable bonds is 2. The molecule has 1 aromatic heterocycles. The molecular weight excluding hydrogens is 242 g/mol. The van der Waals surface area contributed by atoms with Gasteiger partial charge >= 0.3 is 0 Å². The van der Waals surface area contributed by atoms with E-state index in [2.05, 4.69) is 25.8 Å². The SMILES string of the molecule is Cc1nc(C(=O)Nc2ccc3c(c2)NCCC3)n[nH]1. The Kier molecular flexibility index (Phi) is 2.91. The molecule has 0 atom stereocenters. The van der Waals surface area contributed by atoms with E-state index in [1.165, 1.54) is 5.56 Å². The van der Waals surface area contributed by atoms with Crippen LogP contribution in [0.15, 0.2) is 18.2 Å². The van der Waals surface area contributed by atoms with Crippen molar-refractivity contribution in [3.63, 3.8) is 0 Å². The third-order valence-electron chi connectivity index (χ3n) is 3.11. The van der Waals surface area contributed by atoms with Crippen LogP contribution in [0.2, 0.25) is 0 Å². The highest BCUT2D eigenvalue weighted by Gasteiger charge is 2.13. The summed E-state index contributed by atoms with van der Waals surface area (Å²) in [4.78, 5) is 15.9. The lowest BCUT2D eigenvalue weighted by molar-refractivity contribution is 0.101. The van der Waals surface area contributed by atoms with Crippen LogP contribution in [0, 0.1) is 6.92 Å². The van der Waals surface area contributed by atoms with Crippen LogP contribution >= 0.6 is 0 Å². The van der Waals surface area contributed by atoms with E-state index in [1.807, 2.05) is 18.2 Å². The quantitative estimate of drug-likeness (QED) is 0.765. The number of benzene rings is 1. The van der Waals surface area contributed by atoms with Gasteiger partial charge in [-0.3, -0.25) is 9.89 Å². The summed E-state index contributed by atoms with van der Waals surface area (Å²) in [5.41, 5.74) is 3.13. The summed E-state index contributed by atoms with van der Waals surface area (Å²) in [6.07, 6.45) is 2.23. The number of hydrogen-bond acceptors (Lipinski definition) is 4. The molecule has 1 aliphatic rings. The van der Waals surface area contributed by atoms with Gasteiger partial charge in [0.1, 0.15) is 5.82 Å². The minimum absolute atomic E-state index is 0.156. The van der Waals surface area contributed by atoms with Gasteiger partial charge in [0.25, 0.3) is 5.91 Å². The lowest BCUT2D eigenvalue weighted by Crippen LogP contribution is -2.15. The summed E-state index contributed by atoms with van der Waals surface area (Å²) in [5, 5.41) is 12.6. The molecule has 1 aliphatic heterocycles. The average Bonchev–Trinajstić information content (AvgIpc) is 2.85. The van der Waals surface area contributed by atoms with Crippen LogP contribution in [0.5, 0.6) is 0 Å². The van der Waals surface area contributed by atoms with Crippen LogP contribution in [0.3, 0.4) is 0 Å². The zero-order valence-electron chi connectivity index (χ0n) is 10.7. The third-order valence-corrected chi connectivity index (χ3v) is 3.11. The molecule has 0 spiro atoms. The van der Waals surface area contributed by atoms with Gasteiger partial charge in [0.05, 0.1) is 0 Å². The molecule has 0 unspecified atom stereocenters. The van der Waals surface area contributed by atoms with Crippen molar-refractivity contribution in [1.82, 2.24) is 15.2 Å². The molecule has 3 N–H and O–H groups in total. The van der Waals surface area contributed by atoms with Crippen LogP contribution in [-0.2, 0) is 6.42 Å². The first-order valence-electron chi connectivity index (χ1n) is 6.29. The Morgan fingerprint density at radius 2 is 2.32 bits per heavy atom. The van der Waals surface area contributed by atoms with E-state index < -0.39 is 0 Å². The summed E-state index contributed by atoms with van der Waals surface area (Å²) in [5.74, 6) is 0.473. The molecule has 0 aliphatic carbocycles. The Bertz CT molecular complexity index is 619. The van der Waals surface area contributed by atoms with E-state index >= 15 is 0 Å². The molecule has 1 aromatic carbocycles. The average molecular weight is 257 g/mol. The summed E-state index contributed by atoms with van der Waals surface area (Å²) >= 11 is 0. The van der Waals surface area contributed by atoms with Crippen LogP contribution in [0.4, 0.5) is 11.4 Å². The maximum Gasteiger partial charge on any atom is 0.295 e. The molecule has 0 bridgehead atoms. The Labute approximate surface area is 110 Å². The zero-order chi connectivity index (χ0) is 13.2. The first-order valence-corrected chi connectivity index (χ1v) is 6.29. The number of fused-ring (bicyclic) bond motifs is 1. The first-order chi connectivity index (χ1) is 9.22. The molecule has 2 aromatic rings. The van der Waals surface area contributed by atoms with Crippen LogP contribution in [0.1, 0.15) is 28.4 Å². The minimum atomic E-state index is -0.305. The topological polar surface area (TPSA) is 82.7 Å². The molecule has 1 amide bonds. The summed E-state index contributed by atoms with van der Waals surface area (Å²) in [6.45, 7) is 2.73. The number of amides is 1. The molecule has 0 radical (unpaired) electrons. The smallest absolute Gasteiger partial charge is 0.295 e. The summed E-state index contributed by atoms with van der Waals surface area (Å²) in [6, 6.07) is 5.90. The van der Waals surface area contributed by atoms with Gasteiger partial charge in [0.2, 0.25) is 5.82 Å². The standard InChI is InChI=1S/C13H15N5O/c1-8-15-12(18-17-8)13(19)16-10-5-4-9-3-2-6-14-11(9)7-10/h4-5,7,14H,2-3,6H2,1H3,(H,16,19)(H,15,17,18). The van der Waals surface area contributed by atoms with Crippen molar-refractivity contribution < 1.29 is 4.79 Å². The number of nitrogens with one attached hydrogen (secondary N) is 3. The molecule has 0 saturated carbocycles. The number of hydrogen-bond donors (Lipinski definition) is 3. The number of aryl methyl sites for hydroxylation is 2. The number of aromatic amines is 1. The fourth-order valence-electron chi connectivity index (χ4n) is 2.17. The van der Waals surface area contributed by atoms with E-state index in [0.717, 1.165) is 30.8 Å². The molecule has 3 rings (SSSR count). The van der Waals surface area contributed by atoms with Crippen molar-refractivity contribution in [2.75, 3.05) is 17.2 Å². The van der Waals surface area contributed by atoms with Gasteiger partial charge in [0, 0.05) is 17.9 Å². The number of nitrogens with zero attached hydrogens (tertiary/aromatic N) is 2. The Morgan fingerprint density at radius 3 is 3.11 bits per heavy atom. The second-order valence-electron chi connectivity index (χ2n) is 4.60. The highest BCUT2D eigenvalue weighted by molar-refractivity contribution is 6.01. The molecule has 2 heterocycles. The highest BCUT2D eigenvalue weighted by Crippen LogP contribution is 2.25. The van der Waals surface area contributed by atoms with Gasteiger partial charge in [-0.1, -0.05) is 6.07 Å². The largest absolute Gasteiger partial charge is 0.385 e. The Morgan fingerprint density at radius 1 is 1.42 bits per heavy atom. The number of carbonyl (C=O) groups is 1. The molecule has 0 fully saturated rings. The van der Waals surface area contributed by atoms with E-state index in [1.54, 1.807) is 6.92 Å². The molecule has 0 saturated heterocycles. The normalized spacial score (nSPS) is 13.5. The van der Waals surface area contributed by atoms with Crippen molar-refractivity contribution in [2.45, 2.75) is 19.8 Å². The summed E-state index contributed by atoms with van der Waals surface area (Å²) in [7, 11) is 0. The number of H-pyrrole nitrogens is 1. The Balaban J connectivity index is 1.78. The van der Waals surface area contributed by atoms with E-state index in [0.29, 0.717) is 5.82 Å². The monoisotopic (exact) mass is 257 g/mol. The van der Waals surface area contributed by atoms with Crippen molar-refractivity contribution in [3.8, 4) is 0 Å². The second-order valence-corrected chi connectivity index (χ2v) is 4.60. The molecule has 98 valence electrons. The van der Waals surface area contributed by atoms with Gasteiger partial charge in [-0.2, -0.15) is 0 Å². The van der Waals surface area contributed by atoms with Crippen molar-refractivity contribution in [1.29, 1.82) is 0 Å². The highest BCUT2D eigenvalue weighted by atomic mass is 16.2. The van der Waals surface area contributed by atoms with E-state index in [9.17, 15) is 4.79 Å². The molecule has 19 heavy (non-hydrogen) atoms. The Hall–Kier alpha value is -2.37. The molecule has 6 heteroatoms. The van der Waals surface area contributed by atoms with E-state index in [-0.39, 0.29) is 11.7 Å². The lowest BCUT2D eigenvalue weighted by atomic mass is 10.0. The minimum Gasteiger partial charge on any atom is -0.385 e. The maximum atomic E-state index is 11.9. The van der Waals surface area contributed by atoms with Gasteiger partial charge in [-0.25, -0.2) is 4.98 Å². The third kappa shape index (κ3) is 2.42.